The lowest BCUT2D eigenvalue weighted by Gasteiger charge is -2.34. The van der Waals surface area contributed by atoms with Crippen molar-refractivity contribution in [3.8, 4) is 0 Å². The Balaban J connectivity index is 2.02. The third-order valence-electron chi connectivity index (χ3n) is 4.87. The smallest absolute Gasteiger partial charge is 0.243 e. The lowest BCUT2D eigenvalue weighted by Crippen LogP contribution is -2.48. The van der Waals surface area contributed by atoms with Gasteiger partial charge in [-0.15, -0.1) is 0 Å². The highest BCUT2D eigenvalue weighted by Gasteiger charge is 2.43. The van der Waals surface area contributed by atoms with Crippen molar-refractivity contribution in [2.45, 2.75) is 50.2 Å². The first-order valence-corrected chi connectivity index (χ1v) is 9.57. The molecule has 0 saturated carbocycles. The highest BCUT2D eigenvalue weighted by molar-refractivity contribution is 7.89. The average molecular weight is 352 g/mol. The number of carbonyl (C=O) groups excluding carboxylic acids is 1. The maximum absolute atomic E-state index is 13.0. The molecule has 0 aromatic heterocycles. The minimum Gasteiger partial charge on any atom is -0.373 e. The number of sulfonamides is 1. The molecule has 1 aromatic carbocycles. The number of hydrogen-bond donors (Lipinski definition) is 0. The van der Waals surface area contributed by atoms with Crippen molar-refractivity contribution in [3.63, 3.8) is 0 Å². The molecule has 0 unspecified atom stereocenters. The minimum atomic E-state index is -3.61. The molecule has 24 heavy (non-hydrogen) atoms. The van der Waals surface area contributed by atoms with Gasteiger partial charge in [0.05, 0.1) is 22.5 Å². The van der Waals surface area contributed by atoms with Crippen LogP contribution in [-0.4, -0.2) is 51.0 Å². The normalized spacial score (nSPS) is 27.4. The first-order valence-electron chi connectivity index (χ1n) is 8.13. The fourth-order valence-corrected chi connectivity index (χ4v) is 5.21. The fraction of sp³-hybridized carbons (Fsp3) is 0.588. The second-order valence-corrected chi connectivity index (χ2v) is 9.19. The monoisotopic (exact) mass is 352 g/mol. The largest absolute Gasteiger partial charge is 0.373 e. The van der Waals surface area contributed by atoms with Crippen LogP contribution in [0.1, 0.15) is 33.3 Å². The molecule has 2 atom stereocenters. The van der Waals surface area contributed by atoms with Crippen molar-refractivity contribution in [1.29, 1.82) is 0 Å². The lowest BCUT2D eigenvalue weighted by atomic mass is 9.86. The van der Waals surface area contributed by atoms with Gasteiger partial charge in [-0.05, 0) is 51.5 Å². The Labute approximate surface area is 143 Å². The van der Waals surface area contributed by atoms with E-state index in [-0.39, 0.29) is 23.0 Å². The maximum atomic E-state index is 13.0. The molecule has 2 heterocycles. The average Bonchev–Trinajstić information content (AvgIpc) is 2.67. The topological polar surface area (TPSA) is 66.9 Å². The molecule has 0 bridgehead atoms. The van der Waals surface area contributed by atoms with E-state index in [4.69, 9.17) is 4.74 Å². The quantitative estimate of drug-likeness (QED) is 0.813. The molecule has 132 valence electrons. The van der Waals surface area contributed by atoms with Crippen molar-refractivity contribution in [2.75, 3.05) is 25.0 Å². The van der Waals surface area contributed by atoms with Crippen molar-refractivity contribution in [2.24, 2.45) is 0 Å². The zero-order chi connectivity index (χ0) is 17.9. The Morgan fingerprint density at radius 3 is 2.33 bits per heavy atom. The summed E-state index contributed by atoms with van der Waals surface area (Å²) in [6.07, 6.45) is -0.274. The Bertz CT molecular complexity index is 778. The Morgan fingerprint density at radius 2 is 1.75 bits per heavy atom. The van der Waals surface area contributed by atoms with Crippen LogP contribution in [0.5, 0.6) is 0 Å². The van der Waals surface area contributed by atoms with Crippen molar-refractivity contribution in [3.05, 3.63) is 23.8 Å². The summed E-state index contributed by atoms with van der Waals surface area (Å²) in [4.78, 5) is 14.2. The van der Waals surface area contributed by atoms with Gasteiger partial charge in [0.25, 0.3) is 0 Å². The summed E-state index contributed by atoms with van der Waals surface area (Å²) in [5.74, 6) is -0.0272. The number of nitrogens with zero attached hydrogens (tertiary/aromatic N) is 2. The summed E-state index contributed by atoms with van der Waals surface area (Å²) in [5, 5.41) is 0. The van der Waals surface area contributed by atoms with Gasteiger partial charge in [-0.1, -0.05) is 0 Å². The molecule has 0 radical (unpaired) electrons. The van der Waals surface area contributed by atoms with Gasteiger partial charge in [0, 0.05) is 25.8 Å². The standard InChI is InChI=1S/C17H24N2O4S/c1-11-9-19(10-12(2)23-11)24(21,22)13-6-7-15-14(8-13)17(3,4)16(20)18(15)5/h6-8,11-12H,9-10H2,1-5H3/t11-,12-/m1/s1. The van der Waals surface area contributed by atoms with Crippen molar-refractivity contribution in [1.82, 2.24) is 4.31 Å². The molecule has 1 amide bonds. The summed E-state index contributed by atoms with van der Waals surface area (Å²) in [6, 6.07) is 4.96. The van der Waals surface area contributed by atoms with Gasteiger partial charge >= 0.3 is 0 Å². The van der Waals surface area contributed by atoms with Gasteiger partial charge in [-0.25, -0.2) is 8.42 Å². The molecule has 2 aliphatic rings. The number of carbonyl (C=O) groups is 1. The summed E-state index contributed by atoms with van der Waals surface area (Å²) in [5.41, 5.74) is 0.805. The van der Waals surface area contributed by atoms with Crippen LogP contribution in [0.15, 0.2) is 23.1 Å². The Kier molecular flexibility index (Phi) is 4.01. The number of likely N-dealkylation sites (N-methyl/N-ethyl adjacent to an activating group) is 1. The second kappa shape index (κ2) is 5.54. The summed E-state index contributed by atoms with van der Waals surface area (Å²) < 4.78 is 33.1. The van der Waals surface area contributed by atoms with E-state index in [1.54, 1.807) is 30.1 Å². The number of amides is 1. The van der Waals surface area contributed by atoms with E-state index in [9.17, 15) is 13.2 Å². The predicted molar refractivity (Wildman–Crippen MR) is 91.6 cm³/mol. The second-order valence-electron chi connectivity index (χ2n) is 7.25. The van der Waals surface area contributed by atoms with Crippen LogP contribution in [0.3, 0.4) is 0 Å². The number of ether oxygens (including phenoxy) is 1. The van der Waals surface area contributed by atoms with E-state index in [1.807, 2.05) is 27.7 Å². The van der Waals surface area contributed by atoms with E-state index >= 15 is 0 Å². The van der Waals surface area contributed by atoms with Crippen LogP contribution in [0.4, 0.5) is 5.69 Å². The maximum Gasteiger partial charge on any atom is 0.243 e. The molecule has 0 aliphatic carbocycles. The van der Waals surface area contributed by atoms with Gasteiger partial charge in [0.1, 0.15) is 0 Å². The van der Waals surface area contributed by atoms with E-state index in [1.165, 1.54) is 4.31 Å². The Morgan fingerprint density at radius 1 is 1.17 bits per heavy atom. The highest BCUT2D eigenvalue weighted by atomic mass is 32.2. The van der Waals surface area contributed by atoms with Crippen LogP contribution in [0.25, 0.3) is 0 Å². The zero-order valence-corrected chi connectivity index (χ0v) is 15.6. The minimum absolute atomic E-state index is 0.0272. The molecular weight excluding hydrogens is 328 g/mol. The van der Waals surface area contributed by atoms with E-state index < -0.39 is 15.4 Å². The van der Waals surface area contributed by atoms with Crippen LogP contribution in [-0.2, 0) is 25.0 Å². The lowest BCUT2D eigenvalue weighted by molar-refractivity contribution is -0.121. The van der Waals surface area contributed by atoms with Gasteiger partial charge in [0.2, 0.25) is 15.9 Å². The third kappa shape index (κ3) is 2.55. The van der Waals surface area contributed by atoms with Crippen molar-refractivity contribution < 1.29 is 17.9 Å². The molecule has 6 nitrogen and oxygen atoms in total. The number of benzene rings is 1. The van der Waals surface area contributed by atoms with Crippen molar-refractivity contribution >= 4 is 21.6 Å². The Hall–Kier alpha value is -1.44. The predicted octanol–water partition coefficient (Wildman–Crippen LogP) is 1.74. The summed E-state index contributed by atoms with van der Waals surface area (Å²) >= 11 is 0. The molecular formula is C17H24N2O4S. The van der Waals surface area contributed by atoms with Gasteiger partial charge in [-0.3, -0.25) is 4.79 Å². The van der Waals surface area contributed by atoms with E-state index in [2.05, 4.69) is 0 Å². The highest BCUT2D eigenvalue weighted by Crippen LogP contribution is 2.42. The molecule has 2 aliphatic heterocycles. The molecule has 7 heteroatoms. The summed E-state index contributed by atoms with van der Waals surface area (Å²) in [7, 11) is -1.89. The number of rotatable bonds is 2. The number of fused-ring (bicyclic) bond motifs is 1. The SMILES string of the molecule is C[C@@H]1CN(S(=O)(=O)c2ccc3c(c2)C(C)(C)C(=O)N3C)C[C@@H](C)O1. The first-order chi connectivity index (χ1) is 11.0. The number of morpholine rings is 1. The third-order valence-corrected chi connectivity index (χ3v) is 6.69. The molecule has 1 fully saturated rings. The van der Waals surface area contributed by atoms with Gasteiger partial charge in [-0.2, -0.15) is 4.31 Å². The van der Waals surface area contributed by atoms with Gasteiger partial charge < -0.3 is 9.64 Å². The molecule has 3 rings (SSSR count). The molecule has 1 saturated heterocycles. The van der Waals surface area contributed by atoms with Crippen LogP contribution in [0, 0.1) is 0 Å². The van der Waals surface area contributed by atoms with Crippen LogP contribution < -0.4 is 4.90 Å². The zero-order valence-electron chi connectivity index (χ0n) is 14.7. The number of anilines is 1. The van der Waals surface area contributed by atoms with Crippen LogP contribution >= 0.6 is 0 Å². The first kappa shape index (κ1) is 17.4. The fourth-order valence-electron chi connectivity index (χ4n) is 3.59. The molecule has 0 N–H and O–H groups in total. The molecule has 1 aromatic rings. The van der Waals surface area contributed by atoms with Gasteiger partial charge in [0.15, 0.2) is 0 Å². The summed E-state index contributed by atoms with van der Waals surface area (Å²) in [6.45, 7) is 8.08. The van der Waals surface area contributed by atoms with E-state index in [0.29, 0.717) is 13.1 Å². The number of hydrogen-bond acceptors (Lipinski definition) is 4. The van der Waals surface area contributed by atoms with Crippen LogP contribution in [0.2, 0.25) is 0 Å². The molecule has 0 spiro atoms. The van der Waals surface area contributed by atoms with E-state index in [0.717, 1.165) is 11.3 Å².